The van der Waals surface area contributed by atoms with Crippen LogP contribution in [0.1, 0.15) is 35.5 Å². The molecule has 1 aliphatic rings. The number of esters is 1. The maximum atomic E-state index is 13.2. The normalized spacial score (nSPS) is 16.4. The molecule has 1 aromatic heterocycles. The van der Waals surface area contributed by atoms with E-state index in [4.69, 9.17) is 9.47 Å². The van der Waals surface area contributed by atoms with Crippen LogP contribution in [0.15, 0.2) is 42.5 Å². The maximum Gasteiger partial charge on any atom is 0.356 e. The van der Waals surface area contributed by atoms with Gasteiger partial charge in [0.15, 0.2) is 6.04 Å². The van der Waals surface area contributed by atoms with Crippen LogP contribution in [0.5, 0.6) is 5.75 Å². The Bertz CT molecular complexity index is 1120. The fourth-order valence-electron chi connectivity index (χ4n) is 4.17. The number of aromatic amines is 1. The van der Waals surface area contributed by atoms with Crippen molar-refractivity contribution in [1.29, 1.82) is 0 Å². The molecular formula is C24H28N3O4+. The maximum absolute atomic E-state index is 13.2. The lowest BCUT2D eigenvalue weighted by Gasteiger charge is -2.30. The molecule has 7 heteroatoms. The van der Waals surface area contributed by atoms with Crippen molar-refractivity contribution in [1.82, 2.24) is 4.98 Å². The number of H-pyrrole nitrogens is 1. The Labute approximate surface area is 181 Å². The predicted octanol–water partition coefficient (Wildman–Crippen LogP) is 2.32. The fraction of sp³-hybridized carbons (Fsp3) is 0.333. The summed E-state index contributed by atoms with van der Waals surface area (Å²) in [5, 5.41) is 3.71. The summed E-state index contributed by atoms with van der Waals surface area (Å²) >= 11 is 0. The lowest BCUT2D eigenvalue weighted by Crippen LogP contribution is -3.16. The molecule has 0 fully saturated rings. The lowest BCUT2D eigenvalue weighted by molar-refractivity contribution is -0.929. The van der Waals surface area contributed by atoms with E-state index in [1.165, 1.54) is 16.0 Å². The molecule has 0 bridgehead atoms. The van der Waals surface area contributed by atoms with Crippen LogP contribution < -0.4 is 15.0 Å². The van der Waals surface area contributed by atoms with E-state index in [1.54, 1.807) is 26.2 Å². The SMILES string of the molecule is CCOC(=O)c1[nH]c2ccc(OC)cc2c1NC(=O)[C@H](C)[NH+]1CCc2ccccc2C1. The number of nitrogens with one attached hydrogen (secondary N) is 3. The van der Waals surface area contributed by atoms with Crippen molar-refractivity contribution < 1.29 is 24.0 Å². The Kier molecular flexibility index (Phi) is 5.95. The second-order valence-electron chi connectivity index (χ2n) is 7.82. The Morgan fingerprint density at radius 3 is 2.71 bits per heavy atom. The van der Waals surface area contributed by atoms with Crippen LogP contribution in [0.25, 0.3) is 10.9 Å². The molecule has 3 aromatic rings. The van der Waals surface area contributed by atoms with Gasteiger partial charge < -0.3 is 24.7 Å². The van der Waals surface area contributed by atoms with Crippen LogP contribution in [0, 0.1) is 0 Å². The first-order valence-electron chi connectivity index (χ1n) is 10.6. The molecule has 0 spiro atoms. The van der Waals surface area contributed by atoms with Crippen molar-refractivity contribution in [2.24, 2.45) is 0 Å². The van der Waals surface area contributed by atoms with Gasteiger partial charge in [-0.25, -0.2) is 4.79 Å². The van der Waals surface area contributed by atoms with E-state index in [9.17, 15) is 9.59 Å². The third-order valence-electron chi connectivity index (χ3n) is 5.99. The molecule has 0 saturated heterocycles. The second-order valence-corrected chi connectivity index (χ2v) is 7.82. The molecule has 7 nitrogen and oxygen atoms in total. The highest BCUT2D eigenvalue weighted by atomic mass is 16.5. The van der Waals surface area contributed by atoms with Crippen molar-refractivity contribution in [2.45, 2.75) is 32.9 Å². The highest BCUT2D eigenvalue weighted by Gasteiger charge is 2.30. The van der Waals surface area contributed by atoms with Crippen LogP contribution in [-0.2, 0) is 22.5 Å². The zero-order valence-electron chi connectivity index (χ0n) is 18.1. The number of ether oxygens (including phenoxy) is 2. The summed E-state index contributed by atoms with van der Waals surface area (Å²) < 4.78 is 10.5. The molecule has 0 saturated carbocycles. The number of fused-ring (bicyclic) bond motifs is 2. The number of amides is 1. The molecule has 2 aromatic carbocycles. The van der Waals surface area contributed by atoms with Crippen LogP contribution in [-0.4, -0.2) is 43.2 Å². The number of hydrogen-bond donors (Lipinski definition) is 3. The van der Waals surface area contributed by atoms with Gasteiger partial charge in [-0.3, -0.25) is 4.79 Å². The summed E-state index contributed by atoms with van der Waals surface area (Å²) in [6.07, 6.45) is 0.946. The lowest BCUT2D eigenvalue weighted by atomic mass is 9.98. The van der Waals surface area contributed by atoms with E-state index in [0.717, 1.165) is 25.0 Å². The number of aromatic nitrogens is 1. The van der Waals surface area contributed by atoms with E-state index >= 15 is 0 Å². The van der Waals surface area contributed by atoms with Gasteiger partial charge in [0.25, 0.3) is 5.91 Å². The van der Waals surface area contributed by atoms with Gasteiger partial charge in [0.1, 0.15) is 18.0 Å². The predicted molar refractivity (Wildman–Crippen MR) is 119 cm³/mol. The van der Waals surface area contributed by atoms with Crippen molar-refractivity contribution in [3.8, 4) is 5.75 Å². The molecule has 1 unspecified atom stereocenters. The monoisotopic (exact) mass is 422 g/mol. The summed E-state index contributed by atoms with van der Waals surface area (Å²) in [6, 6.07) is 13.5. The highest BCUT2D eigenvalue weighted by molar-refractivity contribution is 6.11. The Morgan fingerprint density at radius 2 is 1.97 bits per heavy atom. The number of carbonyl (C=O) groups is 2. The average molecular weight is 423 g/mol. The second kappa shape index (κ2) is 8.81. The number of carbonyl (C=O) groups excluding carboxylic acids is 2. The van der Waals surface area contributed by atoms with E-state index in [2.05, 4.69) is 28.5 Å². The molecule has 0 radical (unpaired) electrons. The van der Waals surface area contributed by atoms with Gasteiger partial charge in [0.05, 0.1) is 25.9 Å². The van der Waals surface area contributed by atoms with Gasteiger partial charge in [-0.2, -0.15) is 0 Å². The van der Waals surface area contributed by atoms with E-state index in [-0.39, 0.29) is 24.2 Å². The molecule has 4 rings (SSSR count). The molecule has 2 heterocycles. The number of quaternary nitrogens is 1. The largest absolute Gasteiger partial charge is 0.497 e. The zero-order valence-corrected chi connectivity index (χ0v) is 18.1. The van der Waals surface area contributed by atoms with Crippen molar-refractivity contribution in [3.63, 3.8) is 0 Å². The molecule has 1 amide bonds. The van der Waals surface area contributed by atoms with Crippen LogP contribution >= 0.6 is 0 Å². The smallest absolute Gasteiger partial charge is 0.356 e. The number of methoxy groups -OCH3 is 1. The summed E-state index contributed by atoms with van der Waals surface area (Å²) in [7, 11) is 1.58. The number of hydrogen-bond acceptors (Lipinski definition) is 4. The van der Waals surface area contributed by atoms with Gasteiger partial charge in [-0.05, 0) is 37.6 Å². The van der Waals surface area contributed by atoms with Crippen LogP contribution in [0.4, 0.5) is 5.69 Å². The Hall–Kier alpha value is -3.32. The van der Waals surface area contributed by atoms with Crippen LogP contribution in [0.2, 0.25) is 0 Å². The first-order chi connectivity index (χ1) is 15.0. The van der Waals surface area contributed by atoms with Crippen LogP contribution in [0.3, 0.4) is 0 Å². The van der Waals surface area contributed by atoms with Gasteiger partial charge in [0, 0.05) is 22.9 Å². The van der Waals surface area contributed by atoms with Gasteiger partial charge >= 0.3 is 5.97 Å². The molecule has 162 valence electrons. The van der Waals surface area contributed by atoms with E-state index < -0.39 is 5.97 Å². The first-order valence-corrected chi connectivity index (χ1v) is 10.6. The molecule has 3 N–H and O–H groups in total. The van der Waals surface area contributed by atoms with Gasteiger partial charge in [-0.1, -0.05) is 24.3 Å². The number of anilines is 1. The summed E-state index contributed by atoms with van der Waals surface area (Å²) in [4.78, 5) is 30.0. The Balaban J connectivity index is 1.61. The zero-order chi connectivity index (χ0) is 22.0. The molecular weight excluding hydrogens is 394 g/mol. The van der Waals surface area contributed by atoms with Crippen molar-refractivity contribution >= 4 is 28.5 Å². The fourth-order valence-corrected chi connectivity index (χ4v) is 4.17. The highest BCUT2D eigenvalue weighted by Crippen LogP contribution is 2.31. The van der Waals surface area contributed by atoms with Crippen molar-refractivity contribution in [3.05, 3.63) is 59.3 Å². The third-order valence-corrected chi connectivity index (χ3v) is 5.99. The molecule has 31 heavy (non-hydrogen) atoms. The topological polar surface area (TPSA) is 84.9 Å². The minimum absolute atomic E-state index is 0.136. The summed E-state index contributed by atoms with van der Waals surface area (Å²) in [5.74, 6) is 0.00670. The third kappa shape index (κ3) is 4.14. The van der Waals surface area contributed by atoms with E-state index in [0.29, 0.717) is 16.8 Å². The van der Waals surface area contributed by atoms with Crippen molar-refractivity contribution in [2.75, 3.05) is 25.6 Å². The Morgan fingerprint density at radius 1 is 1.19 bits per heavy atom. The quantitative estimate of drug-likeness (QED) is 0.533. The van der Waals surface area contributed by atoms with Gasteiger partial charge in [0.2, 0.25) is 0 Å². The van der Waals surface area contributed by atoms with Gasteiger partial charge in [-0.15, -0.1) is 0 Å². The molecule has 2 atom stereocenters. The number of benzene rings is 2. The first kappa shape index (κ1) is 20.9. The summed E-state index contributed by atoms with van der Waals surface area (Å²) in [5.41, 5.74) is 4.04. The summed E-state index contributed by atoms with van der Waals surface area (Å²) in [6.45, 7) is 5.62. The molecule has 0 aliphatic carbocycles. The molecule has 1 aliphatic heterocycles. The van der Waals surface area contributed by atoms with E-state index in [1.807, 2.05) is 19.1 Å². The minimum atomic E-state index is -0.500. The number of rotatable bonds is 6. The average Bonchev–Trinajstić information content (AvgIpc) is 3.15. The standard InChI is InChI=1S/C24H27N3O4/c1-4-31-24(29)22-21(19-13-18(30-3)9-10-20(19)25-22)26-23(28)15(2)27-12-11-16-7-5-6-8-17(16)14-27/h5-10,13,15,25H,4,11-12,14H2,1-3H3,(H,26,28)/p+1/t15-/m0/s1. The minimum Gasteiger partial charge on any atom is -0.497 e.